The van der Waals surface area contributed by atoms with Crippen LogP contribution in [0.25, 0.3) is 33.2 Å². The molecule has 154 valence electrons. The van der Waals surface area contributed by atoms with Gasteiger partial charge in [0, 0.05) is 15.8 Å². The molecule has 4 rings (SSSR count). The average molecular weight is 454 g/mol. The van der Waals surface area contributed by atoms with Crippen molar-refractivity contribution in [3.8, 4) is 39.0 Å². The van der Waals surface area contributed by atoms with Crippen molar-refractivity contribution in [1.29, 1.82) is 0 Å². The summed E-state index contributed by atoms with van der Waals surface area (Å²) in [5.41, 5.74) is 2.13. The molecule has 0 aliphatic rings. The fourth-order valence-corrected chi connectivity index (χ4v) is 4.29. The van der Waals surface area contributed by atoms with E-state index in [0.29, 0.717) is 17.0 Å². The number of H-pyrrole nitrogens is 1. The Kier molecular flexibility index (Phi) is 5.25. The Bertz CT molecular complexity index is 1200. The van der Waals surface area contributed by atoms with Gasteiger partial charge in [-0.3, -0.25) is 5.10 Å². The topological polar surface area (TPSA) is 50.8 Å². The molecule has 0 amide bonds. The predicted molar refractivity (Wildman–Crippen MR) is 107 cm³/mol. The lowest BCUT2D eigenvalue weighted by Crippen LogP contribution is -2.17. The number of alkyl halides is 3. The summed E-state index contributed by atoms with van der Waals surface area (Å²) < 4.78 is 55.7. The Labute approximate surface area is 177 Å². The molecule has 2 aromatic carbocycles. The van der Waals surface area contributed by atoms with Crippen molar-refractivity contribution in [2.75, 3.05) is 0 Å². The van der Waals surface area contributed by atoms with Crippen molar-refractivity contribution in [2.24, 2.45) is 0 Å². The Hall–Kier alpha value is -2.91. The van der Waals surface area contributed by atoms with Gasteiger partial charge in [0.1, 0.15) is 11.6 Å². The lowest BCUT2D eigenvalue weighted by atomic mass is 10.1. The minimum Gasteiger partial charge on any atom is -0.406 e. The van der Waals surface area contributed by atoms with E-state index < -0.39 is 12.2 Å². The van der Waals surface area contributed by atoms with E-state index in [0.717, 1.165) is 10.4 Å². The monoisotopic (exact) mass is 453 g/mol. The molecule has 0 atom stereocenters. The first-order valence-electron chi connectivity index (χ1n) is 8.54. The number of aromatic nitrogens is 3. The third-order valence-corrected chi connectivity index (χ3v) is 5.74. The van der Waals surface area contributed by atoms with Crippen LogP contribution in [-0.4, -0.2) is 21.5 Å². The molecule has 0 unspecified atom stereocenters. The molecule has 4 aromatic rings. The van der Waals surface area contributed by atoms with Gasteiger partial charge in [-0.1, -0.05) is 29.8 Å². The van der Waals surface area contributed by atoms with Gasteiger partial charge >= 0.3 is 6.36 Å². The minimum atomic E-state index is -4.77. The van der Waals surface area contributed by atoms with Gasteiger partial charge in [-0.15, -0.1) is 24.5 Å². The number of aromatic amines is 1. The zero-order valence-electron chi connectivity index (χ0n) is 15.2. The third kappa shape index (κ3) is 4.03. The number of ether oxygens (including phenoxy) is 1. The second kappa shape index (κ2) is 7.73. The highest BCUT2D eigenvalue weighted by molar-refractivity contribution is 7.14. The number of halogens is 5. The Morgan fingerprint density at radius 1 is 1.13 bits per heavy atom. The van der Waals surface area contributed by atoms with Crippen molar-refractivity contribution < 1.29 is 22.3 Å². The van der Waals surface area contributed by atoms with Crippen LogP contribution in [0.15, 0.2) is 47.8 Å². The molecule has 0 saturated heterocycles. The largest absolute Gasteiger partial charge is 0.573 e. The summed E-state index contributed by atoms with van der Waals surface area (Å²) in [7, 11) is 0. The highest BCUT2D eigenvalue weighted by Gasteiger charge is 2.31. The van der Waals surface area contributed by atoms with Crippen LogP contribution in [0.3, 0.4) is 0 Å². The molecule has 0 spiro atoms. The summed E-state index contributed by atoms with van der Waals surface area (Å²) in [6, 6.07) is 10.0. The maximum atomic E-state index is 14.1. The molecule has 0 radical (unpaired) electrons. The molecular formula is C20H12ClF4N3OS. The van der Waals surface area contributed by atoms with Gasteiger partial charge in [0.2, 0.25) is 0 Å². The molecule has 0 saturated carbocycles. The highest BCUT2D eigenvalue weighted by Crippen LogP contribution is 2.39. The van der Waals surface area contributed by atoms with Gasteiger partial charge in [0.15, 0.2) is 11.6 Å². The SMILES string of the molecule is Cc1c(-c2n[nH]c(-c3c(F)cccc3Cl)n2)csc1-c1cccc(OC(F)(F)F)c1. The van der Waals surface area contributed by atoms with E-state index >= 15 is 0 Å². The molecule has 0 fully saturated rings. The van der Waals surface area contributed by atoms with Crippen molar-refractivity contribution >= 4 is 22.9 Å². The minimum absolute atomic E-state index is 0.114. The number of hydrogen-bond donors (Lipinski definition) is 1. The van der Waals surface area contributed by atoms with E-state index in [1.165, 1.54) is 41.7 Å². The Balaban J connectivity index is 1.68. The number of hydrogen-bond acceptors (Lipinski definition) is 4. The van der Waals surface area contributed by atoms with Gasteiger partial charge in [-0.2, -0.15) is 5.10 Å². The van der Waals surface area contributed by atoms with E-state index in [1.807, 2.05) is 6.92 Å². The molecule has 0 aliphatic carbocycles. The third-order valence-electron chi connectivity index (χ3n) is 4.29. The number of nitrogens with zero attached hydrogens (tertiary/aromatic N) is 2. The van der Waals surface area contributed by atoms with Crippen LogP contribution in [0, 0.1) is 12.7 Å². The summed E-state index contributed by atoms with van der Waals surface area (Å²) in [4.78, 5) is 5.09. The zero-order chi connectivity index (χ0) is 21.5. The predicted octanol–water partition coefficient (Wildman–Crippen LogP) is 6.87. The molecule has 10 heteroatoms. The lowest BCUT2D eigenvalue weighted by Gasteiger charge is -2.10. The molecule has 30 heavy (non-hydrogen) atoms. The zero-order valence-corrected chi connectivity index (χ0v) is 16.8. The highest BCUT2D eigenvalue weighted by atomic mass is 35.5. The number of thiophene rings is 1. The summed E-state index contributed by atoms with van der Waals surface area (Å²) in [5.74, 6) is -0.328. The average Bonchev–Trinajstić information content (AvgIpc) is 3.27. The summed E-state index contributed by atoms with van der Waals surface area (Å²) in [6.07, 6.45) is -4.77. The van der Waals surface area contributed by atoms with Gasteiger partial charge in [-0.25, -0.2) is 9.37 Å². The van der Waals surface area contributed by atoms with Crippen LogP contribution in [-0.2, 0) is 0 Å². The van der Waals surface area contributed by atoms with Crippen LogP contribution in [0.4, 0.5) is 17.6 Å². The van der Waals surface area contributed by atoms with E-state index in [9.17, 15) is 17.6 Å². The molecule has 2 heterocycles. The van der Waals surface area contributed by atoms with Gasteiger partial charge < -0.3 is 4.74 Å². The second-order valence-corrected chi connectivity index (χ2v) is 7.57. The number of benzene rings is 2. The van der Waals surface area contributed by atoms with Crippen LogP contribution in [0.1, 0.15) is 5.56 Å². The van der Waals surface area contributed by atoms with Crippen LogP contribution < -0.4 is 4.74 Å². The normalized spacial score (nSPS) is 11.7. The fourth-order valence-electron chi connectivity index (χ4n) is 2.97. The smallest absolute Gasteiger partial charge is 0.406 e. The number of nitrogens with one attached hydrogen (secondary N) is 1. The maximum absolute atomic E-state index is 14.1. The van der Waals surface area contributed by atoms with Crippen molar-refractivity contribution in [1.82, 2.24) is 15.2 Å². The van der Waals surface area contributed by atoms with E-state index in [2.05, 4.69) is 19.9 Å². The first kappa shape index (κ1) is 20.4. The number of rotatable bonds is 4. The standard InChI is InChI=1S/C20H12ClF4N3OS/c1-10-13(18-26-19(28-27-18)16-14(21)6-3-7-15(16)22)9-30-17(10)11-4-2-5-12(8-11)29-20(23,24)25/h2-9H,1H3,(H,26,27,28). The molecule has 0 bridgehead atoms. The van der Waals surface area contributed by atoms with Crippen LogP contribution >= 0.6 is 22.9 Å². The molecule has 2 aromatic heterocycles. The maximum Gasteiger partial charge on any atom is 0.573 e. The van der Waals surface area contributed by atoms with Gasteiger partial charge in [0.05, 0.1) is 10.6 Å². The first-order chi connectivity index (χ1) is 14.2. The summed E-state index contributed by atoms with van der Waals surface area (Å²) in [6.45, 7) is 1.81. The molecular weight excluding hydrogens is 442 g/mol. The van der Waals surface area contributed by atoms with Crippen LogP contribution in [0.2, 0.25) is 5.02 Å². The molecule has 0 aliphatic heterocycles. The quantitative estimate of drug-likeness (QED) is 0.343. The Morgan fingerprint density at radius 2 is 1.90 bits per heavy atom. The molecule has 4 nitrogen and oxygen atoms in total. The van der Waals surface area contributed by atoms with Crippen molar-refractivity contribution in [3.63, 3.8) is 0 Å². The van der Waals surface area contributed by atoms with E-state index in [4.69, 9.17) is 11.6 Å². The Morgan fingerprint density at radius 3 is 2.63 bits per heavy atom. The van der Waals surface area contributed by atoms with Gasteiger partial charge in [-0.05, 0) is 42.3 Å². The first-order valence-corrected chi connectivity index (χ1v) is 9.80. The van der Waals surface area contributed by atoms with E-state index in [1.54, 1.807) is 17.5 Å². The van der Waals surface area contributed by atoms with Crippen molar-refractivity contribution in [3.05, 3.63) is 64.2 Å². The van der Waals surface area contributed by atoms with Crippen molar-refractivity contribution in [2.45, 2.75) is 13.3 Å². The summed E-state index contributed by atoms with van der Waals surface area (Å²) in [5, 5.41) is 8.82. The van der Waals surface area contributed by atoms with Crippen LogP contribution in [0.5, 0.6) is 5.75 Å². The summed E-state index contributed by atoms with van der Waals surface area (Å²) >= 11 is 7.41. The van der Waals surface area contributed by atoms with Gasteiger partial charge in [0.25, 0.3) is 0 Å². The molecule has 1 N–H and O–H groups in total. The van der Waals surface area contributed by atoms with E-state index in [-0.39, 0.29) is 22.2 Å². The lowest BCUT2D eigenvalue weighted by molar-refractivity contribution is -0.274. The fraction of sp³-hybridized carbons (Fsp3) is 0.100. The second-order valence-electron chi connectivity index (χ2n) is 6.28.